The first kappa shape index (κ1) is 19.2. The van der Waals surface area contributed by atoms with Crippen LogP contribution in [0, 0.1) is 0 Å². The van der Waals surface area contributed by atoms with Gasteiger partial charge in [0.05, 0.1) is 0 Å². The molecule has 0 radical (unpaired) electrons. The lowest BCUT2D eigenvalue weighted by Crippen LogP contribution is -2.51. The second-order valence-corrected chi connectivity index (χ2v) is 7.20. The highest BCUT2D eigenvalue weighted by Gasteiger charge is 2.27. The average molecular weight is 352 g/mol. The van der Waals surface area contributed by atoms with Crippen molar-refractivity contribution in [3.8, 4) is 0 Å². The van der Waals surface area contributed by atoms with Gasteiger partial charge in [-0.25, -0.2) is 4.79 Å². The monoisotopic (exact) mass is 352 g/mol. The SMILES string of the molecule is CCCc1noc(CCC(=O)N2CCN(C(=O)OC(C)(C)C)CC2)n1. The van der Waals surface area contributed by atoms with E-state index in [1.807, 2.05) is 20.8 Å². The predicted octanol–water partition coefficient (Wildman–Crippen LogP) is 2.03. The van der Waals surface area contributed by atoms with Crippen LogP contribution in [-0.2, 0) is 22.4 Å². The maximum absolute atomic E-state index is 12.3. The molecule has 25 heavy (non-hydrogen) atoms. The minimum Gasteiger partial charge on any atom is -0.444 e. The summed E-state index contributed by atoms with van der Waals surface area (Å²) in [5.74, 6) is 1.24. The molecule has 0 aromatic carbocycles. The molecule has 8 nitrogen and oxygen atoms in total. The number of nitrogens with zero attached hydrogens (tertiary/aromatic N) is 4. The number of amides is 2. The number of aryl methyl sites for hydroxylation is 2. The molecule has 1 fully saturated rings. The summed E-state index contributed by atoms with van der Waals surface area (Å²) in [7, 11) is 0. The van der Waals surface area contributed by atoms with Crippen molar-refractivity contribution in [2.45, 2.75) is 59.0 Å². The van der Waals surface area contributed by atoms with Crippen molar-refractivity contribution >= 4 is 12.0 Å². The Balaban J connectivity index is 1.74. The van der Waals surface area contributed by atoms with Gasteiger partial charge < -0.3 is 19.1 Å². The van der Waals surface area contributed by atoms with Crippen LogP contribution in [-0.4, -0.2) is 63.7 Å². The van der Waals surface area contributed by atoms with Gasteiger partial charge in [0.1, 0.15) is 5.60 Å². The van der Waals surface area contributed by atoms with Crippen LogP contribution in [0.5, 0.6) is 0 Å². The molecule has 0 atom stereocenters. The fourth-order valence-corrected chi connectivity index (χ4v) is 2.55. The predicted molar refractivity (Wildman–Crippen MR) is 91.0 cm³/mol. The molecular weight excluding hydrogens is 324 g/mol. The van der Waals surface area contributed by atoms with Crippen molar-refractivity contribution in [1.82, 2.24) is 19.9 Å². The molecule has 2 amide bonds. The van der Waals surface area contributed by atoms with Crippen LogP contribution in [0.25, 0.3) is 0 Å². The van der Waals surface area contributed by atoms with Crippen molar-refractivity contribution in [2.75, 3.05) is 26.2 Å². The minimum absolute atomic E-state index is 0.0408. The maximum Gasteiger partial charge on any atom is 0.410 e. The van der Waals surface area contributed by atoms with Crippen molar-refractivity contribution in [3.05, 3.63) is 11.7 Å². The van der Waals surface area contributed by atoms with Gasteiger partial charge in [0.25, 0.3) is 0 Å². The number of hydrogen-bond donors (Lipinski definition) is 0. The second kappa shape index (κ2) is 8.31. The van der Waals surface area contributed by atoms with Gasteiger partial charge in [0.2, 0.25) is 11.8 Å². The van der Waals surface area contributed by atoms with Crippen molar-refractivity contribution < 1.29 is 18.8 Å². The van der Waals surface area contributed by atoms with E-state index < -0.39 is 5.60 Å². The van der Waals surface area contributed by atoms with E-state index in [4.69, 9.17) is 9.26 Å². The van der Waals surface area contributed by atoms with Gasteiger partial charge in [-0.3, -0.25) is 4.79 Å². The average Bonchev–Trinajstić information content (AvgIpc) is 2.99. The number of piperazine rings is 1. The zero-order chi connectivity index (χ0) is 18.4. The first-order chi connectivity index (χ1) is 11.8. The molecule has 1 aliphatic rings. The Bertz CT molecular complexity index is 586. The molecule has 2 rings (SSSR count). The van der Waals surface area contributed by atoms with E-state index in [9.17, 15) is 9.59 Å². The van der Waals surface area contributed by atoms with Gasteiger partial charge in [-0.05, 0) is 27.2 Å². The van der Waals surface area contributed by atoms with Crippen molar-refractivity contribution in [2.24, 2.45) is 0 Å². The largest absolute Gasteiger partial charge is 0.444 e. The van der Waals surface area contributed by atoms with Gasteiger partial charge in [-0.1, -0.05) is 12.1 Å². The normalized spacial score (nSPS) is 15.4. The minimum atomic E-state index is -0.509. The van der Waals surface area contributed by atoms with Crippen LogP contribution in [0.4, 0.5) is 4.79 Å². The zero-order valence-electron chi connectivity index (χ0n) is 15.6. The molecule has 0 unspecified atom stereocenters. The lowest BCUT2D eigenvalue weighted by atomic mass is 10.2. The van der Waals surface area contributed by atoms with Crippen LogP contribution < -0.4 is 0 Å². The Labute approximate surface area is 148 Å². The van der Waals surface area contributed by atoms with Gasteiger partial charge in [0, 0.05) is 45.4 Å². The van der Waals surface area contributed by atoms with Gasteiger partial charge >= 0.3 is 6.09 Å². The highest BCUT2D eigenvalue weighted by Crippen LogP contribution is 2.13. The molecule has 0 aliphatic carbocycles. The fraction of sp³-hybridized carbons (Fsp3) is 0.765. The van der Waals surface area contributed by atoms with Crippen molar-refractivity contribution in [3.63, 3.8) is 0 Å². The molecule has 0 saturated carbocycles. The van der Waals surface area contributed by atoms with E-state index in [0.29, 0.717) is 50.7 Å². The van der Waals surface area contributed by atoms with E-state index in [1.165, 1.54) is 0 Å². The van der Waals surface area contributed by atoms with Crippen LogP contribution in [0.1, 0.15) is 52.3 Å². The second-order valence-electron chi connectivity index (χ2n) is 7.20. The van der Waals surface area contributed by atoms with Crippen LogP contribution >= 0.6 is 0 Å². The summed E-state index contributed by atoms with van der Waals surface area (Å²) in [4.78, 5) is 32.0. The molecule has 0 N–H and O–H groups in total. The summed E-state index contributed by atoms with van der Waals surface area (Å²) < 4.78 is 10.5. The molecule has 1 aromatic heterocycles. The molecule has 2 heterocycles. The maximum atomic E-state index is 12.3. The van der Waals surface area contributed by atoms with E-state index in [2.05, 4.69) is 17.1 Å². The summed E-state index contributed by atoms with van der Waals surface area (Å²) in [6.07, 6.45) is 2.19. The van der Waals surface area contributed by atoms with E-state index in [-0.39, 0.29) is 12.0 Å². The summed E-state index contributed by atoms with van der Waals surface area (Å²) in [6, 6.07) is 0. The molecule has 0 bridgehead atoms. The molecule has 1 saturated heterocycles. The van der Waals surface area contributed by atoms with Gasteiger partial charge in [-0.2, -0.15) is 4.98 Å². The third-order valence-corrected chi connectivity index (χ3v) is 3.82. The Hall–Kier alpha value is -2.12. The van der Waals surface area contributed by atoms with Crippen LogP contribution in [0.2, 0.25) is 0 Å². The molecule has 1 aromatic rings. The number of rotatable bonds is 5. The lowest BCUT2D eigenvalue weighted by molar-refractivity contribution is -0.133. The number of carbonyl (C=O) groups is 2. The van der Waals surface area contributed by atoms with E-state index in [0.717, 1.165) is 12.8 Å². The Morgan fingerprint density at radius 2 is 1.76 bits per heavy atom. The molecule has 0 spiro atoms. The molecular formula is C17H28N4O4. The molecule has 1 aliphatic heterocycles. The summed E-state index contributed by atoms with van der Waals surface area (Å²) in [5, 5.41) is 3.89. The number of hydrogen-bond acceptors (Lipinski definition) is 6. The Morgan fingerprint density at radius 3 is 2.36 bits per heavy atom. The standard InChI is InChI=1S/C17H28N4O4/c1-5-6-13-18-14(25-19-13)7-8-15(22)20-9-11-21(12-10-20)16(23)24-17(2,3)4/h5-12H2,1-4H3. The van der Waals surface area contributed by atoms with Gasteiger partial charge in [-0.15, -0.1) is 0 Å². The highest BCUT2D eigenvalue weighted by molar-refractivity contribution is 5.77. The van der Waals surface area contributed by atoms with E-state index >= 15 is 0 Å². The number of ether oxygens (including phenoxy) is 1. The first-order valence-corrected chi connectivity index (χ1v) is 8.85. The van der Waals surface area contributed by atoms with Crippen LogP contribution in [0.3, 0.4) is 0 Å². The van der Waals surface area contributed by atoms with Crippen molar-refractivity contribution in [1.29, 1.82) is 0 Å². The first-order valence-electron chi connectivity index (χ1n) is 8.85. The topological polar surface area (TPSA) is 88.8 Å². The third kappa shape index (κ3) is 6.03. The fourth-order valence-electron chi connectivity index (χ4n) is 2.55. The Kier molecular flexibility index (Phi) is 6.39. The highest BCUT2D eigenvalue weighted by atomic mass is 16.6. The molecule has 8 heteroatoms. The zero-order valence-corrected chi connectivity index (χ0v) is 15.6. The third-order valence-electron chi connectivity index (χ3n) is 3.82. The smallest absolute Gasteiger partial charge is 0.410 e. The van der Waals surface area contributed by atoms with E-state index in [1.54, 1.807) is 9.80 Å². The summed E-state index contributed by atoms with van der Waals surface area (Å²) in [5.41, 5.74) is -0.509. The van der Waals surface area contributed by atoms with Crippen LogP contribution in [0.15, 0.2) is 4.52 Å². The van der Waals surface area contributed by atoms with Gasteiger partial charge in [0.15, 0.2) is 5.82 Å². The summed E-state index contributed by atoms with van der Waals surface area (Å²) in [6.45, 7) is 9.59. The summed E-state index contributed by atoms with van der Waals surface area (Å²) >= 11 is 0. The quantitative estimate of drug-likeness (QED) is 0.806. The Morgan fingerprint density at radius 1 is 1.12 bits per heavy atom. The number of carbonyl (C=O) groups excluding carboxylic acids is 2. The molecule has 140 valence electrons. The number of aromatic nitrogens is 2. The lowest BCUT2D eigenvalue weighted by Gasteiger charge is -2.35.